The highest BCUT2D eigenvalue weighted by atomic mass is 16.2. The van der Waals surface area contributed by atoms with E-state index in [-0.39, 0.29) is 11.8 Å². The molecule has 2 heterocycles. The van der Waals surface area contributed by atoms with E-state index in [1.807, 2.05) is 13.8 Å². The monoisotopic (exact) mass is 348 g/mol. The fraction of sp³-hybridized carbons (Fsp3) is 0.200. The Kier molecular flexibility index (Phi) is 3.50. The molecule has 4 amide bonds. The highest BCUT2D eigenvalue weighted by Gasteiger charge is 2.31. The smallest absolute Gasteiger partial charge is 0.258 e. The van der Waals surface area contributed by atoms with Crippen LogP contribution >= 0.6 is 0 Å². The van der Waals surface area contributed by atoms with Crippen LogP contribution in [0.2, 0.25) is 0 Å². The quantitative estimate of drug-likeness (QED) is 0.832. The molecule has 6 nitrogen and oxygen atoms in total. The third-order valence-electron chi connectivity index (χ3n) is 4.97. The number of imide groups is 2. The van der Waals surface area contributed by atoms with Crippen molar-refractivity contribution in [3.63, 3.8) is 0 Å². The number of rotatable bonds is 3. The van der Waals surface area contributed by atoms with Crippen LogP contribution in [0.5, 0.6) is 0 Å². The zero-order valence-electron chi connectivity index (χ0n) is 14.4. The number of benzene rings is 2. The molecule has 0 bridgehead atoms. The van der Waals surface area contributed by atoms with Crippen molar-refractivity contribution in [1.82, 2.24) is 10.6 Å². The molecule has 0 unspecified atom stereocenters. The minimum absolute atomic E-state index is 0.338. The molecule has 2 aliphatic rings. The van der Waals surface area contributed by atoms with E-state index in [4.69, 9.17) is 0 Å². The topological polar surface area (TPSA) is 92.3 Å². The van der Waals surface area contributed by atoms with Crippen molar-refractivity contribution < 1.29 is 19.2 Å². The van der Waals surface area contributed by atoms with E-state index in [2.05, 4.69) is 10.6 Å². The Morgan fingerprint density at radius 3 is 1.15 bits per heavy atom. The van der Waals surface area contributed by atoms with Gasteiger partial charge < -0.3 is 0 Å². The van der Waals surface area contributed by atoms with E-state index in [9.17, 15) is 19.2 Å². The second-order valence-electron chi connectivity index (χ2n) is 6.38. The maximum atomic E-state index is 12.1. The largest absolute Gasteiger partial charge is 0.288 e. The van der Waals surface area contributed by atoms with Gasteiger partial charge in [-0.25, -0.2) is 0 Å². The van der Waals surface area contributed by atoms with Gasteiger partial charge in [0.05, 0.1) is 22.3 Å². The first-order valence-corrected chi connectivity index (χ1v) is 8.50. The summed E-state index contributed by atoms with van der Waals surface area (Å²) in [4.78, 5) is 48.0. The molecular weight excluding hydrogens is 332 g/mol. The summed E-state index contributed by atoms with van der Waals surface area (Å²) >= 11 is 0. The van der Waals surface area contributed by atoms with Crippen molar-refractivity contribution >= 4 is 23.6 Å². The lowest BCUT2D eigenvalue weighted by atomic mass is 9.88. The first-order valence-electron chi connectivity index (χ1n) is 8.50. The van der Waals surface area contributed by atoms with Crippen LogP contribution in [0.1, 0.15) is 66.4 Å². The fourth-order valence-electron chi connectivity index (χ4n) is 3.60. The number of hydrogen-bond acceptors (Lipinski definition) is 4. The molecule has 2 aromatic carbocycles. The van der Waals surface area contributed by atoms with Crippen molar-refractivity contribution in [3.05, 3.63) is 57.6 Å². The van der Waals surface area contributed by atoms with Gasteiger partial charge >= 0.3 is 0 Å². The van der Waals surface area contributed by atoms with Gasteiger partial charge in [-0.2, -0.15) is 0 Å². The molecule has 2 aliphatic heterocycles. The SMILES string of the molecule is CCc1cc2c(cc1-c1cc3c(cc1CC)C(=O)NC3=O)C(=O)NC2=O. The molecule has 0 atom stereocenters. The molecular formula is C20H16N2O4. The molecule has 130 valence electrons. The zero-order chi connectivity index (χ0) is 18.6. The molecule has 0 saturated heterocycles. The van der Waals surface area contributed by atoms with E-state index in [1.54, 1.807) is 24.3 Å². The van der Waals surface area contributed by atoms with E-state index in [0.29, 0.717) is 35.1 Å². The van der Waals surface area contributed by atoms with Crippen LogP contribution in [0, 0.1) is 0 Å². The van der Waals surface area contributed by atoms with Crippen molar-refractivity contribution in [2.45, 2.75) is 26.7 Å². The molecule has 0 spiro atoms. The summed E-state index contributed by atoms with van der Waals surface area (Å²) in [5.74, 6) is -1.61. The normalized spacial score (nSPS) is 15.0. The number of amides is 4. The van der Waals surface area contributed by atoms with Crippen molar-refractivity contribution in [2.24, 2.45) is 0 Å². The minimum atomic E-state index is -0.416. The summed E-state index contributed by atoms with van der Waals surface area (Å²) in [7, 11) is 0. The number of carbonyl (C=O) groups is 4. The van der Waals surface area contributed by atoms with Gasteiger partial charge in [0.1, 0.15) is 0 Å². The van der Waals surface area contributed by atoms with E-state index in [0.717, 1.165) is 22.3 Å². The van der Waals surface area contributed by atoms with E-state index in [1.165, 1.54) is 0 Å². The zero-order valence-corrected chi connectivity index (χ0v) is 14.4. The predicted molar refractivity (Wildman–Crippen MR) is 94.2 cm³/mol. The summed E-state index contributed by atoms with van der Waals surface area (Å²) < 4.78 is 0. The lowest BCUT2D eigenvalue weighted by Gasteiger charge is -2.15. The molecule has 0 aromatic heterocycles. The highest BCUT2D eigenvalue weighted by Crippen LogP contribution is 2.35. The average Bonchev–Trinajstić information content (AvgIpc) is 3.07. The van der Waals surface area contributed by atoms with Crippen LogP contribution in [-0.2, 0) is 12.8 Å². The van der Waals surface area contributed by atoms with E-state index >= 15 is 0 Å². The third-order valence-corrected chi connectivity index (χ3v) is 4.97. The Bertz CT molecular complexity index is 953. The van der Waals surface area contributed by atoms with Crippen LogP contribution in [0.3, 0.4) is 0 Å². The Morgan fingerprint density at radius 1 is 0.538 bits per heavy atom. The third kappa shape index (κ3) is 2.19. The van der Waals surface area contributed by atoms with Crippen LogP contribution in [0.4, 0.5) is 0 Å². The van der Waals surface area contributed by atoms with Gasteiger partial charge in [0.25, 0.3) is 23.6 Å². The summed E-state index contributed by atoms with van der Waals surface area (Å²) in [6, 6.07) is 6.90. The second-order valence-corrected chi connectivity index (χ2v) is 6.38. The van der Waals surface area contributed by atoms with Gasteiger partial charge in [-0.05, 0) is 59.4 Å². The lowest BCUT2D eigenvalue weighted by Crippen LogP contribution is -2.19. The number of aryl methyl sites for hydroxylation is 2. The summed E-state index contributed by atoms with van der Waals surface area (Å²) in [5, 5.41) is 4.62. The molecule has 0 saturated carbocycles. The lowest BCUT2D eigenvalue weighted by molar-refractivity contribution is 0.0863. The molecule has 0 fully saturated rings. The Morgan fingerprint density at radius 2 is 0.846 bits per heavy atom. The Hall–Kier alpha value is -3.28. The van der Waals surface area contributed by atoms with Crippen LogP contribution in [0.25, 0.3) is 11.1 Å². The predicted octanol–water partition coefficient (Wildman–Crippen LogP) is 2.25. The van der Waals surface area contributed by atoms with Crippen molar-refractivity contribution in [1.29, 1.82) is 0 Å². The van der Waals surface area contributed by atoms with Crippen LogP contribution in [-0.4, -0.2) is 23.6 Å². The standard InChI is InChI=1S/C20H16N2O4/c1-3-9-5-13-15(19(25)21-17(13)23)7-11(9)12-8-16-14(6-10(12)4-2)18(24)22-20(16)26/h5-8H,3-4H2,1-2H3,(H,21,23,25)(H,22,24,26). The first kappa shape index (κ1) is 16.2. The molecule has 0 radical (unpaired) electrons. The maximum absolute atomic E-state index is 12.1. The Labute approximate surface area is 149 Å². The highest BCUT2D eigenvalue weighted by molar-refractivity contribution is 6.23. The summed E-state index contributed by atoms with van der Waals surface area (Å²) in [6.07, 6.45) is 1.32. The second kappa shape index (κ2) is 5.62. The average molecular weight is 348 g/mol. The summed E-state index contributed by atoms with van der Waals surface area (Å²) in [5.41, 5.74) is 4.87. The van der Waals surface area contributed by atoms with Gasteiger partial charge in [0, 0.05) is 0 Å². The molecule has 2 aromatic rings. The minimum Gasteiger partial charge on any atom is -0.288 e. The number of carbonyl (C=O) groups excluding carboxylic acids is 4. The fourth-order valence-corrected chi connectivity index (χ4v) is 3.60. The van der Waals surface area contributed by atoms with Crippen LogP contribution < -0.4 is 10.6 Å². The van der Waals surface area contributed by atoms with Crippen molar-refractivity contribution in [3.8, 4) is 11.1 Å². The van der Waals surface area contributed by atoms with Crippen molar-refractivity contribution in [2.75, 3.05) is 0 Å². The van der Waals surface area contributed by atoms with Gasteiger partial charge in [-0.1, -0.05) is 13.8 Å². The van der Waals surface area contributed by atoms with Crippen LogP contribution in [0.15, 0.2) is 24.3 Å². The van der Waals surface area contributed by atoms with E-state index < -0.39 is 11.8 Å². The number of nitrogens with one attached hydrogen (secondary N) is 2. The van der Waals surface area contributed by atoms with Gasteiger partial charge in [-0.15, -0.1) is 0 Å². The first-order chi connectivity index (χ1) is 12.4. The van der Waals surface area contributed by atoms with Gasteiger partial charge in [-0.3, -0.25) is 29.8 Å². The number of hydrogen-bond donors (Lipinski definition) is 2. The molecule has 4 rings (SSSR count). The maximum Gasteiger partial charge on any atom is 0.258 e. The number of fused-ring (bicyclic) bond motifs is 2. The van der Waals surface area contributed by atoms with Gasteiger partial charge in [0.2, 0.25) is 0 Å². The molecule has 0 aliphatic carbocycles. The molecule has 2 N–H and O–H groups in total. The Balaban J connectivity index is 1.99. The molecule has 26 heavy (non-hydrogen) atoms. The molecule has 6 heteroatoms. The van der Waals surface area contributed by atoms with Gasteiger partial charge in [0.15, 0.2) is 0 Å². The summed E-state index contributed by atoms with van der Waals surface area (Å²) in [6.45, 7) is 3.93.